The van der Waals surface area contributed by atoms with Crippen molar-refractivity contribution in [2.24, 2.45) is 0 Å². The van der Waals surface area contributed by atoms with Gasteiger partial charge in [0.15, 0.2) is 0 Å². The van der Waals surface area contributed by atoms with E-state index in [1.54, 1.807) is 27.0 Å². The Balaban J connectivity index is 1.99. The molecule has 40 heavy (non-hydrogen) atoms. The molecule has 4 rings (SSSR count). The van der Waals surface area contributed by atoms with Gasteiger partial charge in [0.2, 0.25) is 0 Å². The topological polar surface area (TPSA) is 138 Å². The Morgan fingerprint density at radius 3 is 2.52 bits per heavy atom. The van der Waals surface area contributed by atoms with E-state index in [4.69, 9.17) is 14.2 Å². The lowest BCUT2D eigenvalue weighted by atomic mass is 10.0. The molecule has 0 radical (unpaired) electrons. The van der Waals surface area contributed by atoms with E-state index in [2.05, 4.69) is 5.32 Å². The average Bonchev–Trinajstić information content (AvgIpc) is 3.28. The number of rotatable bonds is 10. The Bertz CT molecular complexity index is 1530. The number of carboxylic acid groups (broad SMARTS) is 1. The van der Waals surface area contributed by atoms with Crippen LogP contribution in [0.1, 0.15) is 60.5 Å². The van der Waals surface area contributed by atoms with Gasteiger partial charge in [0.25, 0.3) is 11.5 Å². The lowest BCUT2D eigenvalue weighted by Gasteiger charge is -2.30. The molecule has 1 atom stereocenters. The first-order valence-electron chi connectivity index (χ1n) is 13.2. The number of carboxylic acids is 1. The van der Waals surface area contributed by atoms with Gasteiger partial charge in [-0.1, -0.05) is 18.2 Å². The van der Waals surface area contributed by atoms with Crippen LogP contribution in [0.25, 0.3) is 10.2 Å². The number of fused-ring (bicyclic) bond motifs is 1. The first-order valence-corrected chi connectivity index (χ1v) is 14.0. The number of hydrogen-bond donors (Lipinski definition) is 2. The van der Waals surface area contributed by atoms with E-state index in [1.165, 1.54) is 18.4 Å². The molecule has 0 bridgehead atoms. The summed E-state index contributed by atoms with van der Waals surface area (Å²) in [4.78, 5) is 53.4. The zero-order chi connectivity index (χ0) is 29.2. The number of ether oxygens (including phenoxy) is 3. The minimum atomic E-state index is -1.86. The van der Waals surface area contributed by atoms with E-state index >= 15 is 0 Å². The highest BCUT2D eigenvalue weighted by Crippen LogP contribution is 2.34. The highest BCUT2D eigenvalue weighted by molar-refractivity contribution is 7.20. The number of thiophene rings is 1. The molecule has 11 nitrogen and oxygen atoms in total. The van der Waals surface area contributed by atoms with Crippen LogP contribution in [0.2, 0.25) is 0 Å². The van der Waals surface area contributed by atoms with Gasteiger partial charge in [-0.2, -0.15) is 0 Å². The summed E-state index contributed by atoms with van der Waals surface area (Å²) in [6.07, 6.45) is 0.503. The highest BCUT2D eigenvalue weighted by atomic mass is 32.1. The fourth-order valence-electron chi connectivity index (χ4n) is 4.91. The highest BCUT2D eigenvalue weighted by Gasteiger charge is 2.36. The summed E-state index contributed by atoms with van der Waals surface area (Å²) in [5, 5.41) is 12.8. The Kier molecular flexibility index (Phi) is 8.81. The number of nitrogens with one attached hydrogen (secondary N) is 1. The van der Waals surface area contributed by atoms with Crippen molar-refractivity contribution in [2.45, 2.75) is 64.8 Å². The van der Waals surface area contributed by atoms with Crippen molar-refractivity contribution in [1.29, 1.82) is 0 Å². The quantitative estimate of drug-likeness (QED) is 0.378. The van der Waals surface area contributed by atoms with E-state index in [9.17, 15) is 24.3 Å². The number of benzene rings is 1. The van der Waals surface area contributed by atoms with Crippen LogP contribution in [-0.2, 0) is 26.4 Å². The maximum Gasteiger partial charge on any atom is 0.333 e. The van der Waals surface area contributed by atoms with Crippen LogP contribution in [0.15, 0.2) is 33.9 Å². The molecule has 0 spiro atoms. The molecule has 0 unspecified atom stereocenters. The number of carbonyl (C=O) groups is 2. The molecule has 1 saturated heterocycles. The summed E-state index contributed by atoms with van der Waals surface area (Å²) in [6, 6.07) is 7.32. The third-order valence-electron chi connectivity index (χ3n) is 7.20. The molecular formula is C28H35N3O8S. The second-order valence-corrected chi connectivity index (χ2v) is 11.2. The predicted molar refractivity (Wildman–Crippen MR) is 151 cm³/mol. The van der Waals surface area contributed by atoms with Gasteiger partial charge < -0.3 is 24.6 Å². The van der Waals surface area contributed by atoms with E-state index in [-0.39, 0.29) is 33.6 Å². The molecule has 216 valence electrons. The molecule has 12 heteroatoms. The van der Waals surface area contributed by atoms with Gasteiger partial charge >= 0.3 is 11.7 Å². The van der Waals surface area contributed by atoms with E-state index in [0.29, 0.717) is 49.5 Å². The van der Waals surface area contributed by atoms with Crippen LogP contribution in [0.3, 0.4) is 0 Å². The number of aryl methyl sites for hydroxylation is 1. The molecule has 0 aliphatic carbocycles. The average molecular weight is 574 g/mol. The lowest BCUT2D eigenvalue weighted by molar-refractivity contribution is -0.146. The molecular weight excluding hydrogens is 538 g/mol. The standard InChI is InChI=1S/C28H35N3O8S/c1-6-29-23(32)22-16(2)21-24(33)31(28(3,4)26(34)35)27(36)30(25(21)40-22)15-20(39-17-11-13-38-14-12-17)18-9-7-8-10-19(18)37-5/h7-10,17,20H,6,11-15H2,1-5H3,(H,29,32)(H,34,35)/t20-/m0/s1. The van der Waals surface area contributed by atoms with Crippen molar-refractivity contribution >= 4 is 33.4 Å². The van der Waals surface area contributed by atoms with Gasteiger partial charge in [0.05, 0.1) is 30.0 Å². The number of hydrogen-bond acceptors (Lipinski definition) is 8. The molecule has 3 aromatic rings. The van der Waals surface area contributed by atoms with Crippen LogP contribution in [0, 0.1) is 6.92 Å². The molecule has 2 aromatic heterocycles. The van der Waals surface area contributed by atoms with Crippen molar-refractivity contribution in [3.63, 3.8) is 0 Å². The maximum absolute atomic E-state index is 14.0. The number of nitrogens with zero attached hydrogens (tertiary/aromatic N) is 2. The molecule has 3 heterocycles. The minimum absolute atomic E-state index is 0.0438. The monoisotopic (exact) mass is 573 g/mol. The fraction of sp³-hybridized carbons (Fsp3) is 0.500. The molecule has 1 aliphatic rings. The fourth-order valence-corrected chi connectivity index (χ4v) is 6.13. The lowest BCUT2D eigenvalue weighted by Crippen LogP contribution is -2.52. The van der Waals surface area contributed by atoms with E-state index in [1.807, 2.05) is 18.2 Å². The zero-order valence-corrected chi connectivity index (χ0v) is 24.1. The Hall–Kier alpha value is -3.48. The molecule has 1 fully saturated rings. The normalized spacial score (nSPS) is 15.2. The number of methoxy groups -OCH3 is 1. The first kappa shape index (κ1) is 29.5. The molecule has 1 amide bonds. The van der Waals surface area contributed by atoms with Gasteiger partial charge in [-0.15, -0.1) is 11.3 Å². The summed E-state index contributed by atoms with van der Waals surface area (Å²) in [5.41, 5.74) is -2.33. The number of aliphatic carboxylic acids is 1. The molecule has 0 saturated carbocycles. The number of amides is 1. The van der Waals surface area contributed by atoms with E-state index in [0.717, 1.165) is 15.9 Å². The second-order valence-electron chi connectivity index (χ2n) is 10.2. The number of para-hydroxylation sites is 1. The van der Waals surface area contributed by atoms with Gasteiger partial charge in [-0.05, 0) is 52.2 Å². The van der Waals surface area contributed by atoms with Crippen LogP contribution >= 0.6 is 11.3 Å². The Morgan fingerprint density at radius 1 is 1.23 bits per heavy atom. The minimum Gasteiger partial charge on any atom is -0.496 e. The molecule has 1 aliphatic heterocycles. The van der Waals surface area contributed by atoms with Gasteiger partial charge in [-0.3, -0.25) is 14.2 Å². The zero-order valence-electron chi connectivity index (χ0n) is 23.3. The maximum atomic E-state index is 14.0. The van der Waals surface area contributed by atoms with Crippen LogP contribution in [0.5, 0.6) is 5.75 Å². The summed E-state index contributed by atoms with van der Waals surface area (Å²) >= 11 is 1.03. The van der Waals surface area contributed by atoms with Crippen molar-refractivity contribution in [3.8, 4) is 5.75 Å². The summed E-state index contributed by atoms with van der Waals surface area (Å²) in [6.45, 7) is 7.45. The molecule has 1 aromatic carbocycles. The van der Waals surface area contributed by atoms with Crippen molar-refractivity contribution in [3.05, 3.63) is 61.1 Å². The predicted octanol–water partition coefficient (Wildman–Crippen LogP) is 3.05. The Labute approximate surface area is 235 Å². The van der Waals surface area contributed by atoms with Gasteiger partial charge in [-0.25, -0.2) is 14.2 Å². The number of aromatic nitrogens is 2. The molecule has 2 N–H and O–H groups in total. The third kappa shape index (κ3) is 5.43. The first-order chi connectivity index (χ1) is 19.0. The largest absolute Gasteiger partial charge is 0.496 e. The summed E-state index contributed by atoms with van der Waals surface area (Å²) in [7, 11) is 1.55. The van der Waals surface area contributed by atoms with Crippen LogP contribution < -0.4 is 21.3 Å². The Morgan fingerprint density at radius 2 is 1.90 bits per heavy atom. The SMILES string of the molecule is CCNC(=O)c1sc2c(c1C)c(=O)n(C(C)(C)C(=O)O)c(=O)n2C[C@H](OC1CCOCC1)c1ccccc1OC. The smallest absolute Gasteiger partial charge is 0.333 e. The van der Waals surface area contributed by atoms with Crippen molar-refractivity contribution in [1.82, 2.24) is 14.5 Å². The number of carbonyl (C=O) groups excluding carboxylic acids is 1. The van der Waals surface area contributed by atoms with Gasteiger partial charge in [0.1, 0.15) is 22.2 Å². The summed E-state index contributed by atoms with van der Waals surface area (Å²) < 4.78 is 19.8. The third-order valence-corrected chi connectivity index (χ3v) is 8.51. The van der Waals surface area contributed by atoms with Crippen LogP contribution in [0.4, 0.5) is 0 Å². The van der Waals surface area contributed by atoms with E-state index < -0.39 is 28.9 Å². The van der Waals surface area contributed by atoms with Crippen LogP contribution in [-0.4, -0.2) is 59.1 Å². The van der Waals surface area contributed by atoms with Crippen molar-refractivity contribution < 1.29 is 28.9 Å². The second kappa shape index (κ2) is 11.9. The van der Waals surface area contributed by atoms with Crippen molar-refractivity contribution in [2.75, 3.05) is 26.9 Å². The van der Waals surface area contributed by atoms with Gasteiger partial charge in [0, 0.05) is 25.3 Å². The summed E-state index contributed by atoms with van der Waals surface area (Å²) in [5.74, 6) is -1.15.